The molecule has 0 saturated heterocycles. The van der Waals surface area contributed by atoms with Gasteiger partial charge >= 0.3 is 11.9 Å². The number of allylic oxidation sites excluding steroid dienone is 2. The van der Waals surface area contributed by atoms with Gasteiger partial charge in [-0.25, -0.2) is 9.59 Å². The number of carbonyl (C=O) groups is 2. The van der Waals surface area contributed by atoms with Gasteiger partial charge in [0.15, 0.2) is 0 Å². The minimum atomic E-state index is -0.845. The molecular weight excluding hydrogens is 220 g/mol. The van der Waals surface area contributed by atoms with Crippen LogP contribution in [0.4, 0.5) is 0 Å². The second-order valence-electron chi connectivity index (χ2n) is 4.78. The summed E-state index contributed by atoms with van der Waals surface area (Å²) in [6, 6.07) is 0. The monoisotopic (exact) mass is 242 g/mol. The zero-order valence-corrected chi connectivity index (χ0v) is 11.4. The number of hydrogen-bond donors (Lipinski definition) is 2. The Balaban J connectivity index is 0. The summed E-state index contributed by atoms with van der Waals surface area (Å²) < 4.78 is 0. The van der Waals surface area contributed by atoms with Gasteiger partial charge in [-0.05, 0) is 26.2 Å². The van der Waals surface area contributed by atoms with Gasteiger partial charge in [0.05, 0.1) is 0 Å². The summed E-state index contributed by atoms with van der Waals surface area (Å²) in [5.74, 6) is -1.68. The van der Waals surface area contributed by atoms with Crippen LogP contribution >= 0.6 is 0 Å². The first kappa shape index (κ1) is 17.8. The van der Waals surface area contributed by atoms with Gasteiger partial charge in [0, 0.05) is 11.1 Å². The van der Waals surface area contributed by atoms with Crippen molar-refractivity contribution in [2.75, 3.05) is 0 Å². The van der Waals surface area contributed by atoms with E-state index in [-0.39, 0.29) is 5.41 Å². The van der Waals surface area contributed by atoms with Crippen LogP contribution in [0.2, 0.25) is 0 Å². The molecule has 0 aromatic carbocycles. The quantitative estimate of drug-likeness (QED) is 0.730. The fraction of sp³-hybridized carbons (Fsp3) is 0.538. The van der Waals surface area contributed by atoms with Gasteiger partial charge in [-0.3, -0.25) is 0 Å². The molecule has 0 fully saturated rings. The molecule has 0 radical (unpaired) electrons. The van der Waals surface area contributed by atoms with Crippen molar-refractivity contribution in [3.63, 3.8) is 0 Å². The van der Waals surface area contributed by atoms with Gasteiger partial charge < -0.3 is 10.2 Å². The van der Waals surface area contributed by atoms with Gasteiger partial charge in [-0.2, -0.15) is 0 Å². The van der Waals surface area contributed by atoms with Crippen LogP contribution in [0.1, 0.15) is 41.5 Å². The largest absolute Gasteiger partial charge is 0.478 e. The van der Waals surface area contributed by atoms with Crippen molar-refractivity contribution < 1.29 is 19.8 Å². The smallest absolute Gasteiger partial charge is 0.330 e. The number of carboxylic acids is 2. The van der Waals surface area contributed by atoms with Crippen LogP contribution in [0.15, 0.2) is 23.3 Å². The van der Waals surface area contributed by atoms with Crippen LogP contribution in [0.25, 0.3) is 0 Å². The second kappa shape index (κ2) is 7.65. The van der Waals surface area contributed by atoms with Crippen molar-refractivity contribution in [1.29, 1.82) is 0 Å². The van der Waals surface area contributed by atoms with E-state index in [0.717, 1.165) is 0 Å². The average molecular weight is 242 g/mol. The molecule has 0 unspecified atom stereocenters. The van der Waals surface area contributed by atoms with Gasteiger partial charge in [0.2, 0.25) is 0 Å². The van der Waals surface area contributed by atoms with Crippen molar-refractivity contribution in [3.8, 4) is 0 Å². The van der Waals surface area contributed by atoms with E-state index in [1.54, 1.807) is 32.9 Å². The summed E-state index contributed by atoms with van der Waals surface area (Å²) in [6.45, 7) is 10.8. The summed E-state index contributed by atoms with van der Waals surface area (Å²) >= 11 is 0. The Hall–Kier alpha value is -1.58. The average Bonchev–Trinajstić information content (AvgIpc) is 2.14. The SMILES string of the molecule is CC(=CC(C)(C)C)C(=O)O.CC=C(C)C(=O)O. The molecule has 0 aliphatic rings. The molecule has 17 heavy (non-hydrogen) atoms. The van der Waals surface area contributed by atoms with Crippen LogP contribution in [0.5, 0.6) is 0 Å². The molecule has 0 atom stereocenters. The standard InChI is InChI=1S/C8H14O2.C5H8O2/c1-6(7(9)10)5-8(2,3)4;1-3-4(2)5(6)7/h5H,1-4H3,(H,9,10);3H,1-2H3,(H,6,7). The topological polar surface area (TPSA) is 74.6 Å². The lowest BCUT2D eigenvalue weighted by Gasteiger charge is -2.11. The Morgan fingerprint density at radius 3 is 1.35 bits per heavy atom. The fourth-order valence-corrected chi connectivity index (χ4v) is 0.835. The van der Waals surface area contributed by atoms with Crippen LogP contribution < -0.4 is 0 Å². The van der Waals surface area contributed by atoms with Crippen molar-refractivity contribution in [2.45, 2.75) is 41.5 Å². The van der Waals surface area contributed by atoms with Crippen LogP contribution in [-0.4, -0.2) is 22.2 Å². The van der Waals surface area contributed by atoms with Gasteiger partial charge in [0.25, 0.3) is 0 Å². The second-order valence-corrected chi connectivity index (χ2v) is 4.78. The van der Waals surface area contributed by atoms with Gasteiger partial charge in [0.1, 0.15) is 0 Å². The number of hydrogen-bond acceptors (Lipinski definition) is 2. The lowest BCUT2D eigenvalue weighted by molar-refractivity contribution is -0.133. The van der Waals surface area contributed by atoms with Crippen molar-refractivity contribution >= 4 is 11.9 Å². The Morgan fingerprint density at radius 2 is 1.29 bits per heavy atom. The van der Waals surface area contributed by atoms with Crippen molar-refractivity contribution in [3.05, 3.63) is 23.3 Å². The molecule has 4 heteroatoms. The molecule has 2 N–H and O–H groups in total. The van der Waals surface area contributed by atoms with E-state index in [4.69, 9.17) is 10.2 Å². The minimum Gasteiger partial charge on any atom is -0.478 e. The first-order chi connectivity index (χ1) is 7.51. The van der Waals surface area contributed by atoms with Gasteiger partial charge in [-0.1, -0.05) is 32.9 Å². The number of rotatable bonds is 2. The molecule has 0 saturated carbocycles. The maximum absolute atomic E-state index is 10.3. The molecule has 0 bridgehead atoms. The molecule has 0 aliphatic carbocycles. The van der Waals surface area contributed by atoms with E-state index in [9.17, 15) is 9.59 Å². The summed E-state index contributed by atoms with van der Waals surface area (Å²) in [4.78, 5) is 20.2. The first-order valence-electron chi connectivity index (χ1n) is 5.30. The molecule has 0 aromatic heterocycles. The maximum Gasteiger partial charge on any atom is 0.330 e. The van der Waals surface area contributed by atoms with E-state index >= 15 is 0 Å². The van der Waals surface area contributed by atoms with Crippen LogP contribution in [0.3, 0.4) is 0 Å². The predicted molar refractivity (Wildman–Crippen MR) is 67.9 cm³/mol. The molecule has 0 aromatic rings. The van der Waals surface area contributed by atoms with E-state index in [2.05, 4.69) is 0 Å². The highest BCUT2D eigenvalue weighted by Gasteiger charge is 2.09. The first-order valence-corrected chi connectivity index (χ1v) is 5.30. The summed E-state index contributed by atoms with van der Waals surface area (Å²) in [7, 11) is 0. The molecule has 0 amide bonds. The van der Waals surface area contributed by atoms with E-state index in [1.165, 1.54) is 0 Å². The molecular formula is C13H22O4. The third kappa shape index (κ3) is 12.4. The molecule has 98 valence electrons. The lowest BCUT2D eigenvalue weighted by Crippen LogP contribution is -2.05. The van der Waals surface area contributed by atoms with Crippen LogP contribution in [0, 0.1) is 5.41 Å². The van der Waals surface area contributed by atoms with E-state index < -0.39 is 11.9 Å². The highest BCUT2D eigenvalue weighted by atomic mass is 16.4. The molecule has 0 spiro atoms. The third-order valence-electron chi connectivity index (χ3n) is 1.76. The minimum absolute atomic E-state index is 0.0392. The molecule has 0 heterocycles. The Bertz CT molecular complexity index is 330. The summed E-state index contributed by atoms with van der Waals surface area (Å²) in [6.07, 6.45) is 3.30. The predicted octanol–water partition coefficient (Wildman–Crippen LogP) is 3.10. The molecule has 0 aliphatic heterocycles. The normalized spacial score (nSPS) is 12.6. The van der Waals surface area contributed by atoms with Gasteiger partial charge in [-0.15, -0.1) is 0 Å². The lowest BCUT2D eigenvalue weighted by atomic mass is 9.94. The Morgan fingerprint density at radius 1 is 0.941 bits per heavy atom. The zero-order valence-electron chi connectivity index (χ0n) is 11.4. The van der Waals surface area contributed by atoms with Crippen LogP contribution in [-0.2, 0) is 9.59 Å². The highest BCUT2D eigenvalue weighted by molar-refractivity contribution is 5.86. The number of aliphatic carboxylic acids is 2. The van der Waals surface area contributed by atoms with E-state index in [1.807, 2.05) is 20.8 Å². The maximum atomic E-state index is 10.3. The number of carboxylic acid groups (broad SMARTS) is 2. The molecule has 4 nitrogen and oxygen atoms in total. The summed E-state index contributed by atoms with van der Waals surface area (Å²) in [5, 5.41) is 16.6. The summed E-state index contributed by atoms with van der Waals surface area (Å²) in [5.41, 5.74) is 0.759. The fourth-order valence-electron chi connectivity index (χ4n) is 0.835. The zero-order chi connectivity index (χ0) is 14.2. The third-order valence-corrected chi connectivity index (χ3v) is 1.76. The Labute approximate surface area is 103 Å². The Kier molecular flexibility index (Phi) is 8.02. The highest BCUT2D eigenvalue weighted by Crippen LogP contribution is 2.17. The van der Waals surface area contributed by atoms with Crippen molar-refractivity contribution in [2.24, 2.45) is 5.41 Å². The molecule has 0 rings (SSSR count). The van der Waals surface area contributed by atoms with Crippen molar-refractivity contribution in [1.82, 2.24) is 0 Å². The van der Waals surface area contributed by atoms with E-state index in [0.29, 0.717) is 11.1 Å².